The number of para-hydroxylation sites is 1. The highest BCUT2D eigenvalue weighted by Gasteiger charge is 2.41. The second-order valence-corrected chi connectivity index (χ2v) is 11.7. The first kappa shape index (κ1) is 31.9. The third-order valence-corrected chi connectivity index (χ3v) is 6.98. The maximum Gasteiger partial charge on any atom is 0.411 e. The summed E-state index contributed by atoms with van der Waals surface area (Å²) in [6.07, 6.45) is -0.618. The number of fused-ring (bicyclic) bond motifs is 1. The Labute approximate surface area is 244 Å². The van der Waals surface area contributed by atoms with Crippen LogP contribution in [0.25, 0.3) is 0 Å². The van der Waals surface area contributed by atoms with Crippen LogP contribution in [0.3, 0.4) is 0 Å². The molecule has 9 nitrogen and oxygen atoms in total. The molecule has 2 amide bonds. The third-order valence-electron chi connectivity index (χ3n) is 6.98. The molecule has 41 heavy (non-hydrogen) atoms. The Hall–Kier alpha value is -3.59. The fourth-order valence-corrected chi connectivity index (χ4v) is 4.96. The van der Waals surface area contributed by atoms with Crippen molar-refractivity contribution >= 4 is 18.0 Å². The van der Waals surface area contributed by atoms with Gasteiger partial charge in [0.05, 0.1) is 6.10 Å². The van der Waals surface area contributed by atoms with Crippen LogP contribution in [0.4, 0.5) is 4.79 Å². The molecule has 1 heterocycles. The Balaban J connectivity index is 1.86. The second-order valence-electron chi connectivity index (χ2n) is 11.7. The molecule has 0 aliphatic carbocycles. The monoisotopic (exact) mass is 567 g/mol. The van der Waals surface area contributed by atoms with Crippen LogP contribution in [0.1, 0.15) is 72.6 Å². The van der Waals surface area contributed by atoms with Crippen molar-refractivity contribution in [1.29, 1.82) is 0 Å². The molecular formula is C32H45N3O6. The van der Waals surface area contributed by atoms with E-state index in [1.807, 2.05) is 42.5 Å². The van der Waals surface area contributed by atoms with Gasteiger partial charge < -0.3 is 19.5 Å². The summed E-state index contributed by atoms with van der Waals surface area (Å²) in [5, 5.41) is 3.03. The number of ether oxygens (including phenoxy) is 3. The number of carbonyl (C=O) groups is 3. The van der Waals surface area contributed by atoms with Gasteiger partial charge >= 0.3 is 12.1 Å². The Morgan fingerprint density at radius 3 is 2.24 bits per heavy atom. The van der Waals surface area contributed by atoms with E-state index in [0.29, 0.717) is 48.7 Å². The van der Waals surface area contributed by atoms with Crippen LogP contribution < -0.4 is 10.1 Å². The molecule has 224 valence electrons. The average Bonchev–Trinajstić information content (AvgIpc) is 2.89. The Kier molecular flexibility index (Phi) is 10.8. The largest absolute Gasteiger partial charge is 0.460 e. The lowest BCUT2D eigenvalue weighted by Crippen LogP contribution is -2.51. The van der Waals surface area contributed by atoms with Crippen LogP contribution in [-0.4, -0.2) is 71.2 Å². The third kappa shape index (κ3) is 8.45. The molecule has 1 aliphatic rings. The van der Waals surface area contributed by atoms with Crippen LogP contribution in [0.15, 0.2) is 48.5 Å². The predicted octanol–water partition coefficient (Wildman–Crippen LogP) is 5.48. The zero-order valence-corrected chi connectivity index (χ0v) is 25.6. The number of esters is 1. The summed E-state index contributed by atoms with van der Waals surface area (Å²) in [7, 11) is 0. The molecule has 2 aromatic rings. The topological polar surface area (TPSA) is 97.4 Å². The molecule has 1 atom stereocenters. The number of hydrogen-bond acceptors (Lipinski definition) is 7. The molecule has 1 unspecified atom stereocenters. The van der Waals surface area contributed by atoms with Crippen LogP contribution >= 0.6 is 0 Å². The van der Waals surface area contributed by atoms with E-state index in [9.17, 15) is 14.4 Å². The predicted molar refractivity (Wildman–Crippen MR) is 158 cm³/mol. The first-order valence-electron chi connectivity index (χ1n) is 14.4. The number of carbonyl (C=O) groups excluding carboxylic acids is 3. The van der Waals surface area contributed by atoms with Crippen molar-refractivity contribution in [1.82, 2.24) is 15.1 Å². The summed E-state index contributed by atoms with van der Waals surface area (Å²) in [5.41, 5.74) is 0.0794. The molecule has 0 bridgehead atoms. The number of benzene rings is 2. The van der Waals surface area contributed by atoms with Crippen molar-refractivity contribution < 1.29 is 28.6 Å². The number of nitrogens with zero attached hydrogens (tertiary/aromatic N) is 2. The molecule has 1 aliphatic heterocycles. The van der Waals surface area contributed by atoms with E-state index in [1.54, 1.807) is 19.9 Å². The van der Waals surface area contributed by atoms with Gasteiger partial charge in [-0.3, -0.25) is 14.6 Å². The summed E-state index contributed by atoms with van der Waals surface area (Å²) in [6.45, 7) is 16.3. The van der Waals surface area contributed by atoms with Gasteiger partial charge in [-0.05, 0) is 97.2 Å². The first-order chi connectivity index (χ1) is 19.3. The van der Waals surface area contributed by atoms with Gasteiger partial charge in [0.1, 0.15) is 17.5 Å². The van der Waals surface area contributed by atoms with Crippen molar-refractivity contribution in [2.24, 2.45) is 0 Å². The fraction of sp³-hybridized carbons (Fsp3) is 0.531. The lowest BCUT2D eigenvalue weighted by molar-refractivity contribution is -0.167. The quantitative estimate of drug-likeness (QED) is 0.359. The Morgan fingerprint density at radius 2 is 1.63 bits per heavy atom. The minimum atomic E-state index is -1.52. The van der Waals surface area contributed by atoms with Gasteiger partial charge in [-0.25, -0.2) is 9.59 Å². The van der Waals surface area contributed by atoms with E-state index in [1.165, 1.54) is 18.7 Å². The van der Waals surface area contributed by atoms with Crippen LogP contribution in [0.2, 0.25) is 0 Å². The highest BCUT2D eigenvalue weighted by Crippen LogP contribution is 2.35. The maximum atomic E-state index is 13.7. The van der Waals surface area contributed by atoms with E-state index in [-0.39, 0.29) is 18.6 Å². The minimum absolute atomic E-state index is 0.234. The van der Waals surface area contributed by atoms with E-state index >= 15 is 0 Å². The van der Waals surface area contributed by atoms with Crippen molar-refractivity contribution in [2.75, 3.05) is 19.6 Å². The van der Waals surface area contributed by atoms with Gasteiger partial charge in [0, 0.05) is 31.7 Å². The summed E-state index contributed by atoms with van der Waals surface area (Å²) < 4.78 is 16.9. The lowest BCUT2D eigenvalue weighted by atomic mass is 9.92. The molecule has 0 spiro atoms. The van der Waals surface area contributed by atoms with Gasteiger partial charge in [-0.1, -0.05) is 24.3 Å². The Bertz CT molecular complexity index is 1190. The number of amides is 2. The van der Waals surface area contributed by atoms with Gasteiger partial charge in [-0.15, -0.1) is 0 Å². The van der Waals surface area contributed by atoms with Crippen molar-refractivity contribution in [3.05, 3.63) is 59.7 Å². The average molecular weight is 568 g/mol. The highest BCUT2D eigenvalue weighted by atomic mass is 16.6. The number of nitrogens with one attached hydrogen (secondary N) is 1. The summed E-state index contributed by atoms with van der Waals surface area (Å²) in [4.78, 5) is 43.5. The molecule has 0 radical (unpaired) electrons. The van der Waals surface area contributed by atoms with Crippen molar-refractivity contribution in [2.45, 2.75) is 91.6 Å². The van der Waals surface area contributed by atoms with Crippen molar-refractivity contribution in [3.63, 3.8) is 0 Å². The lowest BCUT2D eigenvalue weighted by Gasteiger charge is -2.37. The summed E-state index contributed by atoms with van der Waals surface area (Å²) >= 11 is 0. The summed E-state index contributed by atoms with van der Waals surface area (Å²) in [5.74, 6) is 0.393. The Morgan fingerprint density at radius 1 is 0.976 bits per heavy atom. The maximum absolute atomic E-state index is 13.7. The number of hydrogen-bond donors (Lipinski definition) is 1. The highest BCUT2D eigenvalue weighted by molar-refractivity contribution is 5.89. The standard InChI is InChI=1S/C32H45N3O6/c1-21(2)34(22(3)4)19-17-33-29(36)28-27-15-14-26(40-25-12-10-9-11-13-25)20-24(27)16-18-35(28)31(38)41-32(7,8)30(37)39-23(5)6/h9-15,20-23,28H,16-19H2,1-8H3,(H,33,36). The first-order valence-corrected chi connectivity index (χ1v) is 14.4. The zero-order valence-electron chi connectivity index (χ0n) is 25.6. The van der Waals surface area contributed by atoms with Crippen LogP contribution in [-0.2, 0) is 25.5 Å². The molecule has 1 N–H and O–H groups in total. The van der Waals surface area contributed by atoms with Gasteiger partial charge in [0.2, 0.25) is 11.5 Å². The number of rotatable bonds is 11. The molecule has 9 heteroatoms. The fourth-order valence-electron chi connectivity index (χ4n) is 4.96. The SMILES string of the molecule is CC(C)OC(=O)C(C)(C)OC(=O)N1CCc2cc(Oc3ccccc3)ccc2C1C(=O)NCCN(C(C)C)C(C)C. The minimum Gasteiger partial charge on any atom is -0.460 e. The van der Waals surface area contributed by atoms with Crippen LogP contribution in [0.5, 0.6) is 11.5 Å². The van der Waals surface area contributed by atoms with Gasteiger partial charge in [-0.2, -0.15) is 0 Å². The second kappa shape index (κ2) is 13.9. The van der Waals surface area contributed by atoms with Gasteiger partial charge in [0.15, 0.2) is 0 Å². The van der Waals surface area contributed by atoms with E-state index < -0.39 is 23.7 Å². The smallest absolute Gasteiger partial charge is 0.411 e. The molecule has 2 aromatic carbocycles. The van der Waals surface area contributed by atoms with E-state index in [2.05, 4.69) is 37.9 Å². The molecule has 0 fully saturated rings. The van der Waals surface area contributed by atoms with Crippen molar-refractivity contribution in [3.8, 4) is 11.5 Å². The summed E-state index contributed by atoms with van der Waals surface area (Å²) in [6, 6.07) is 14.7. The molecule has 0 aromatic heterocycles. The zero-order chi connectivity index (χ0) is 30.3. The molecule has 0 saturated heterocycles. The van der Waals surface area contributed by atoms with Gasteiger partial charge in [0.25, 0.3) is 0 Å². The molecule has 0 saturated carbocycles. The molecular weight excluding hydrogens is 522 g/mol. The van der Waals surface area contributed by atoms with Crippen LogP contribution in [0, 0.1) is 0 Å². The normalized spacial score (nSPS) is 15.2. The molecule has 3 rings (SSSR count). The van der Waals surface area contributed by atoms with E-state index in [4.69, 9.17) is 14.2 Å². The van der Waals surface area contributed by atoms with E-state index in [0.717, 1.165) is 5.56 Å².